The topological polar surface area (TPSA) is 66.7 Å². The molecule has 0 amide bonds. The van der Waals surface area contributed by atoms with E-state index in [0.29, 0.717) is 5.69 Å². The van der Waals surface area contributed by atoms with Gasteiger partial charge in [-0.05, 0) is 32.0 Å². The van der Waals surface area contributed by atoms with E-state index in [1.165, 1.54) is 0 Å². The number of aromatic nitrogens is 2. The van der Waals surface area contributed by atoms with E-state index in [9.17, 15) is 0 Å². The van der Waals surface area contributed by atoms with Crippen molar-refractivity contribution in [2.75, 3.05) is 11.1 Å². The highest BCUT2D eigenvalue weighted by Crippen LogP contribution is 2.29. The first-order valence-corrected chi connectivity index (χ1v) is 6.22. The van der Waals surface area contributed by atoms with Crippen molar-refractivity contribution >= 4 is 28.1 Å². The van der Waals surface area contributed by atoms with Crippen LogP contribution in [0.5, 0.6) is 0 Å². The monoisotopic (exact) mass is 252 g/mol. The average Bonchev–Trinajstić information content (AvgIpc) is 2.71. The molecule has 2 heterocycles. The lowest BCUT2D eigenvalue weighted by molar-refractivity contribution is 1.20. The third kappa shape index (κ3) is 2.01. The van der Waals surface area contributed by atoms with Gasteiger partial charge in [0.05, 0.1) is 17.1 Å². The number of nitrogens with zero attached hydrogens (tertiary/aromatic N) is 1. The minimum atomic E-state index is 0.709. The summed E-state index contributed by atoms with van der Waals surface area (Å²) in [5, 5.41) is 4.53. The molecule has 96 valence electrons. The van der Waals surface area contributed by atoms with Crippen molar-refractivity contribution in [3.8, 4) is 0 Å². The lowest BCUT2D eigenvalue weighted by Crippen LogP contribution is -1.98. The van der Waals surface area contributed by atoms with E-state index in [0.717, 1.165) is 33.8 Å². The number of para-hydroxylation sites is 1. The zero-order valence-corrected chi connectivity index (χ0v) is 11.0. The molecule has 0 unspecified atom stereocenters. The predicted octanol–water partition coefficient (Wildman–Crippen LogP) is 3.51. The number of nitrogens with two attached hydrogens (primary N) is 1. The summed E-state index contributed by atoms with van der Waals surface area (Å²) in [4.78, 5) is 7.80. The van der Waals surface area contributed by atoms with Gasteiger partial charge in [-0.1, -0.05) is 18.2 Å². The van der Waals surface area contributed by atoms with Crippen LogP contribution in [0.25, 0.3) is 10.9 Å². The Morgan fingerprint density at radius 1 is 1.11 bits per heavy atom. The Balaban J connectivity index is 2.05. The van der Waals surface area contributed by atoms with Crippen LogP contribution in [-0.2, 0) is 0 Å². The van der Waals surface area contributed by atoms with Crippen LogP contribution in [0.1, 0.15) is 11.4 Å². The third-order valence-corrected chi connectivity index (χ3v) is 3.27. The molecule has 0 atom stereocenters. The summed E-state index contributed by atoms with van der Waals surface area (Å²) in [6.07, 6.45) is 0. The van der Waals surface area contributed by atoms with E-state index in [2.05, 4.69) is 27.4 Å². The fourth-order valence-electron chi connectivity index (χ4n) is 2.21. The summed E-state index contributed by atoms with van der Waals surface area (Å²) in [5.41, 5.74) is 10.6. The smallest absolute Gasteiger partial charge is 0.130 e. The van der Waals surface area contributed by atoms with Gasteiger partial charge in [-0.3, -0.25) is 0 Å². The van der Waals surface area contributed by atoms with Gasteiger partial charge in [0.2, 0.25) is 0 Å². The van der Waals surface area contributed by atoms with Gasteiger partial charge in [-0.2, -0.15) is 0 Å². The molecule has 0 saturated heterocycles. The van der Waals surface area contributed by atoms with Gasteiger partial charge in [-0.15, -0.1) is 0 Å². The van der Waals surface area contributed by atoms with E-state index in [4.69, 9.17) is 5.73 Å². The largest absolute Gasteiger partial charge is 0.397 e. The zero-order valence-electron chi connectivity index (χ0n) is 11.0. The number of aryl methyl sites for hydroxylation is 2. The molecule has 4 nitrogen and oxygen atoms in total. The Hall–Kier alpha value is -2.49. The third-order valence-electron chi connectivity index (χ3n) is 3.27. The van der Waals surface area contributed by atoms with E-state index >= 15 is 0 Å². The first-order valence-electron chi connectivity index (χ1n) is 6.22. The standard InChI is InChI=1S/C15H16N4/c1-9-12(16)7-8-14(18-9)19-15-10(2)17-13-6-4-3-5-11(13)15/h3-8,17H,16H2,1-2H3,(H,18,19). The number of aromatic amines is 1. The average molecular weight is 252 g/mol. The second kappa shape index (κ2) is 4.31. The van der Waals surface area contributed by atoms with E-state index < -0.39 is 0 Å². The molecule has 19 heavy (non-hydrogen) atoms. The highest BCUT2D eigenvalue weighted by molar-refractivity contribution is 5.95. The van der Waals surface area contributed by atoms with Gasteiger partial charge in [-0.25, -0.2) is 4.98 Å². The van der Waals surface area contributed by atoms with Crippen molar-refractivity contribution in [2.45, 2.75) is 13.8 Å². The molecule has 0 radical (unpaired) electrons. The Morgan fingerprint density at radius 2 is 1.89 bits per heavy atom. The SMILES string of the molecule is Cc1nc(Nc2c(C)[nH]c3ccccc23)ccc1N. The lowest BCUT2D eigenvalue weighted by atomic mass is 10.2. The summed E-state index contributed by atoms with van der Waals surface area (Å²) >= 11 is 0. The minimum absolute atomic E-state index is 0.709. The van der Waals surface area contributed by atoms with Crippen LogP contribution in [0.4, 0.5) is 17.2 Å². The summed E-state index contributed by atoms with van der Waals surface area (Å²) in [6, 6.07) is 12.0. The molecular formula is C15H16N4. The van der Waals surface area contributed by atoms with Crippen LogP contribution < -0.4 is 11.1 Å². The summed E-state index contributed by atoms with van der Waals surface area (Å²) in [5.74, 6) is 0.805. The molecule has 0 aliphatic heterocycles. The molecule has 0 bridgehead atoms. The Bertz CT molecular complexity index is 743. The van der Waals surface area contributed by atoms with E-state index in [-0.39, 0.29) is 0 Å². The van der Waals surface area contributed by atoms with Crippen LogP contribution in [0.3, 0.4) is 0 Å². The highest BCUT2D eigenvalue weighted by Gasteiger charge is 2.08. The number of anilines is 3. The van der Waals surface area contributed by atoms with Gasteiger partial charge in [0, 0.05) is 16.6 Å². The Kier molecular flexibility index (Phi) is 2.63. The quantitative estimate of drug-likeness (QED) is 0.654. The maximum Gasteiger partial charge on any atom is 0.130 e. The minimum Gasteiger partial charge on any atom is -0.397 e. The number of nitrogen functional groups attached to an aromatic ring is 1. The van der Waals surface area contributed by atoms with Crippen molar-refractivity contribution in [3.05, 3.63) is 47.8 Å². The number of fused-ring (bicyclic) bond motifs is 1. The molecule has 0 fully saturated rings. The maximum absolute atomic E-state index is 5.79. The molecule has 3 aromatic rings. The van der Waals surface area contributed by atoms with Crippen molar-refractivity contribution in [1.29, 1.82) is 0 Å². The molecule has 2 aromatic heterocycles. The Labute approximate surface area is 111 Å². The predicted molar refractivity (Wildman–Crippen MR) is 79.7 cm³/mol. The number of H-pyrrole nitrogens is 1. The fourth-order valence-corrected chi connectivity index (χ4v) is 2.21. The van der Waals surface area contributed by atoms with Gasteiger partial charge >= 0.3 is 0 Å². The van der Waals surface area contributed by atoms with Gasteiger partial charge < -0.3 is 16.0 Å². The first-order chi connectivity index (χ1) is 9.15. The molecule has 4 N–H and O–H groups in total. The van der Waals surface area contributed by atoms with Crippen LogP contribution in [0.15, 0.2) is 36.4 Å². The highest BCUT2D eigenvalue weighted by atomic mass is 15.0. The van der Waals surface area contributed by atoms with Crippen molar-refractivity contribution in [2.24, 2.45) is 0 Å². The second-order valence-corrected chi connectivity index (χ2v) is 4.67. The summed E-state index contributed by atoms with van der Waals surface area (Å²) in [6.45, 7) is 3.95. The number of pyridine rings is 1. The van der Waals surface area contributed by atoms with E-state index in [1.54, 1.807) is 0 Å². The van der Waals surface area contributed by atoms with Crippen LogP contribution >= 0.6 is 0 Å². The molecule has 4 heteroatoms. The molecule has 0 saturated carbocycles. The van der Waals surface area contributed by atoms with Crippen molar-refractivity contribution < 1.29 is 0 Å². The van der Waals surface area contributed by atoms with Gasteiger partial charge in [0.15, 0.2) is 0 Å². The number of hydrogen-bond acceptors (Lipinski definition) is 3. The Morgan fingerprint density at radius 3 is 2.68 bits per heavy atom. The van der Waals surface area contributed by atoms with Gasteiger partial charge in [0.1, 0.15) is 5.82 Å². The molecule has 0 spiro atoms. The molecular weight excluding hydrogens is 236 g/mol. The summed E-state index contributed by atoms with van der Waals surface area (Å²) < 4.78 is 0. The van der Waals surface area contributed by atoms with Crippen molar-refractivity contribution in [1.82, 2.24) is 9.97 Å². The molecule has 0 aliphatic rings. The van der Waals surface area contributed by atoms with E-state index in [1.807, 2.05) is 38.1 Å². The number of benzene rings is 1. The number of nitrogens with one attached hydrogen (secondary N) is 2. The first kappa shape index (κ1) is 11.6. The van der Waals surface area contributed by atoms with Crippen LogP contribution in [0.2, 0.25) is 0 Å². The van der Waals surface area contributed by atoms with Crippen LogP contribution in [0, 0.1) is 13.8 Å². The molecule has 1 aromatic carbocycles. The zero-order chi connectivity index (χ0) is 13.4. The number of rotatable bonds is 2. The van der Waals surface area contributed by atoms with Crippen LogP contribution in [-0.4, -0.2) is 9.97 Å². The number of hydrogen-bond donors (Lipinski definition) is 3. The summed E-state index contributed by atoms with van der Waals surface area (Å²) in [7, 11) is 0. The molecule has 0 aliphatic carbocycles. The normalized spacial score (nSPS) is 10.8. The van der Waals surface area contributed by atoms with Crippen molar-refractivity contribution in [3.63, 3.8) is 0 Å². The molecule has 3 rings (SSSR count). The van der Waals surface area contributed by atoms with Gasteiger partial charge in [0.25, 0.3) is 0 Å². The lowest BCUT2D eigenvalue weighted by Gasteiger charge is -2.07. The maximum atomic E-state index is 5.79. The second-order valence-electron chi connectivity index (χ2n) is 4.67. The fraction of sp³-hybridized carbons (Fsp3) is 0.133.